The second-order valence-corrected chi connectivity index (χ2v) is 6.49. The predicted octanol–water partition coefficient (Wildman–Crippen LogP) is 3.66. The fraction of sp³-hybridized carbons (Fsp3) is 0.438. The summed E-state index contributed by atoms with van der Waals surface area (Å²) in [6.07, 6.45) is -0.329. The number of hydrogen-bond acceptors (Lipinski definition) is 6. The van der Waals surface area contributed by atoms with E-state index in [4.69, 9.17) is 16.3 Å². The molecule has 130 valence electrons. The van der Waals surface area contributed by atoms with Crippen LogP contribution in [0.4, 0.5) is 0 Å². The Bertz CT molecular complexity index is 721. The van der Waals surface area contributed by atoms with E-state index in [1.807, 2.05) is 37.5 Å². The van der Waals surface area contributed by atoms with Crippen LogP contribution in [-0.2, 0) is 16.1 Å². The third-order valence-electron chi connectivity index (χ3n) is 3.36. The van der Waals surface area contributed by atoms with E-state index in [-0.39, 0.29) is 17.8 Å². The number of nitrogens with zero attached hydrogens (tertiary/aromatic N) is 3. The van der Waals surface area contributed by atoms with Crippen LogP contribution >= 0.6 is 23.4 Å². The molecule has 0 saturated carbocycles. The molecule has 24 heavy (non-hydrogen) atoms. The smallest absolute Gasteiger partial charge is 0.316 e. The normalized spacial score (nSPS) is 12.0. The zero-order valence-corrected chi connectivity index (χ0v) is 15.6. The van der Waals surface area contributed by atoms with Crippen molar-refractivity contribution in [3.63, 3.8) is 0 Å². The standard InChI is InChI=1S/C16H20ClN3O3S/c1-5-20-15(18-19-16(20)24-9-14(21)22-4)11(3)23-13-8-10(2)6-7-12(13)17/h6-8,11H,5,9H2,1-4H3/t11-/m1/s1. The molecule has 1 aromatic heterocycles. The van der Waals surface area contributed by atoms with Gasteiger partial charge in [-0.05, 0) is 38.5 Å². The third kappa shape index (κ3) is 4.42. The van der Waals surface area contributed by atoms with E-state index in [0.717, 1.165) is 5.56 Å². The van der Waals surface area contributed by atoms with Crippen molar-refractivity contribution >= 4 is 29.3 Å². The van der Waals surface area contributed by atoms with Crippen molar-refractivity contribution in [2.75, 3.05) is 12.9 Å². The highest BCUT2D eigenvalue weighted by molar-refractivity contribution is 7.99. The van der Waals surface area contributed by atoms with E-state index in [9.17, 15) is 4.79 Å². The number of methoxy groups -OCH3 is 1. The van der Waals surface area contributed by atoms with Gasteiger partial charge in [-0.3, -0.25) is 4.79 Å². The zero-order chi connectivity index (χ0) is 17.7. The van der Waals surface area contributed by atoms with Crippen LogP contribution < -0.4 is 4.74 Å². The number of carbonyl (C=O) groups excluding carboxylic acids is 1. The zero-order valence-electron chi connectivity index (χ0n) is 14.1. The summed E-state index contributed by atoms with van der Waals surface area (Å²) in [5.74, 6) is 1.18. The maximum atomic E-state index is 11.3. The molecule has 1 aromatic carbocycles. The van der Waals surface area contributed by atoms with Crippen LogP contribution in [0.3, 0.4) is 0 Å². The largest absolute Gasteiger partial charge is 0.481 e. The van der Waals surface area contributed by atoms with Crippen LogP contribution in [0.2, 0.25) is 5.02 Å². The number of hydrogen-bond donors (Lipinski definition) is 0. The number of rotatable bonds is 7. The van der Waals surface area contributed by atoms with Gasteiger partial charge in [-0.15, -0.1) is 10.2 Å². The summed E-state index contributed by atoms with van der Waals surface area (Å²) in [6, 6.07) is 5.62. The van der Waals surface area contributed by atoms with E-state index in [1.54, 1.807) is 6.07 Å². The van der Waals surface area contributed by atoms with Crippen molar-refractivity contribution in [1.29, 1.82) is 0 Å². The molecule has 8 heteroatoms. The van der Waals surface area contributed by atoms with Crippen molar-refractivity contribution in [1.82, 2.24) is 14.8 Å². The van der Waals surface area contributed by atoms with E-state index < -0.39 is 0 Å². The summed E-state index contributed by atoms with van der Waals surface area (Å²) in [6.45, 7) is 6.52. The summed E-state index contributed by atoms with van der Waals surface area (Å²) >= 11 is 7.47. The number of ether oxygens (including phenoxy) is 2. The van der Waals surface area contributed by atoms with Gasteiger partial charge in [0.2, 0.25) is 0 Å². The minimum Gasteiger partial charge on any atom is -0.481 e. The van der Waals surface area contributed by atoms with Gasteiger partial charge in [0.1, 0.15) is 5.75 Å². The lowest BCUT2D eigenvalue weighted by atomic mass is 10.2. The molecule has 1 heterocycles. The molecule has 2 aromatic rings. The average Bonchev–Trinajstić information content (AvgIpc) is 2.98. The fourth-order valence-electron chi connectivity index (χ4n) is 2.13. The van der Waals surface area contributed by atoms with Gasteiger partial charge in [-0.1, -0.05) is 29.4 Å². The summed E-state index contributed by atoms with van der Waals surface area (Å²) in [4.78, 5) is 11.3. The quantitative estimate of drug-likeness (QED) is 0.548. The van der Waals surface area contributed by atoms with Crippen LogP contribution in [0.5, 0.6) is 5.75 Å². The van der Waals surface area contributed by atoms with Gasteiger partial charge in [0.25, 0.3) is 0 Å². The van der Waals surface area contributed by atoms with Crippen LogP contribution in [0.1, 0.15) is 31.3 Å². The summed E-state index contributed by atoms with van der Waals surface area (Å²) < 4.78 is 12.5. The third-order valence-corrected chi connectivity index (χ3v) is 4.62. The number of halogens is 1. The van der Waals surface area contributed by atoms with E-state index in [2.05, 4.69) is 14.9 Å². The molecule has 0 N–H and O–H groups in total. The summed E-state index contributed by atoms with van der Waals surface area (Å²) in [5, 5.41) is 9.57. The van der Waals surface area contributed by atoms with Crippen molar-refractivity contribution in [3.8, 4) is 5.75 Å². The second kappa shape index (κ2) is 8.39. The fourth-order valence-corrected chi connectivity index (χ4v) is 3.14. The van der Waals surface area contributed by atoms with Gasteiger partial charge < -0.3 is 14.0 Å². The predicted molar refractivity (Wildman–Crippen MR) is 93.7 cm³/mol. The van der Waals surface area contributed by atoms with Gasteiger partial charge in [-0.2, -0.15) is 0 Å². The molecule has 0 saturated heterocycles. The van der Waals surface area contributed by atoms with Gasteiger partial charge in [-0.25, -0.2) is 0 Å². The first-order valence-corrected chi connectivity index (χ1v) is 8.88. The topological polar surface area (TPSA) is 66.2 Å². The van der Waals surface area contributed by atoms with Gasteiger partial charge >= 0.3 is 5.97 Å². The van der Waals surface area contributed by atoms with E-state index in [1.165, 1.54) is 18.9 Å². The highest BCUT2D eigenvalue weighted by Gasteiger charge is 2.20. The number of carbonyl (C=O) groups is 1. The van der Waals surface area contributed by atoms with Gasteiger partial charge in [0, 0.05) is 6.54 Å². The Morgan fingerprint density at radius 1 is 1.42 bits per heavy atom. The number of aryl methyl sites for hydroxylation is 1. The molecular weight excluding hydrogens is 350 g/mol. The lowest BCUT2D eigenvalue weighted by Crippen LogP contribution is -2.12. The maximum absolute atomic E-state index is 11.3. The number of thioether (sulfide) groups is 1. The Morgan fingerprint density at radius 2 is 2.17 bits per heavy atom. The second-order valence-electron chi connectivity index (χ2n) is 5.14. The van der Waals surface area contributed by atoms with Gasteiger partial charge in [0.15, 0.2) is 17.1 Å². The number of benzene rings is 1. The van der Waals surface area contributed by atoms with Crippen LogP contribution in [0.25, 0.3) is 0 Å². The van der Waals surface area contributed by atoms with Crippen molar-refractivity contribution in [2.24, 2.45) is 0 Å². The van der Waals surface area contributed by atoms with Crippen molar-refractivity contribution in [2.45, 2.75) is 38.6 Å². The Morgan fingerprint density at radius 3 is 2.83 bits per heavy atom. The van der Waals surface area contributed by atoms with E-state index in [0.29, 0.717) is 28.3 Å². The van der Waals surface area contributed by atoms with Crippen molar-refractivity contribution < 1.29 is 14.3 Å². The van der Waals surface area contributed by atoms with Crippen LogP contribution in [0, 0.1) is 6.92 Å². The molecule has 1 atom stereocenters. The molecule has 6 nitrogen and oxygen atoms in total. The first-order chi connectivity index (χ1) is 11.5. The molecule has 0 amide bonds. The Balaban J connectivity index is 2.17. The highest BCUT2D eigenvalue weighted by atomic mass is 35.5. The van der Waals surface area contributed by atoms with E-state index >= 15 is 0 Å². The minimum atomic E-state index is -0.329. The van der Waals surface area contributed by atoms with Crippen LogP contribution in [-0.4, -0.2) is 33.6 Å². The molecule has 0 aliphatic rings. The summed E-state index contributed by atoms with van der Waals surface area (Å²) in [7, 11) is 1.36. The number of esters is 1. The molecule has 0 radical (unpaired) electrons. The highest BCUT2D eigenvalue weighted by Crippen LogP contribution is 2.30. The van der Waals surface area contributed by atoms with Crippen LogP contribution in [0.15, 0.2) is 23.4 Å². The summed E-state index contributed by atoms with van der Waals surface area (Å²) in [5.41, 5.74) is 1.06. The lowest BCUT2D eigenvalue weighted by molar-refractivity contribution is -0.137. The SMILES string of the molecule is CCn1c(SCC(=O)OC)nnc1[C@@H](C)Oc1cc(C)ccc1Cl. The molecule has 2 rings (SSSR count). The molecule has 0 bridgehead atoms. The lowest BCUT2D eigenvalue weighted by Gasteiger charge is -2.16. The Hall–Kier alpha value is -1.73. The molecule has 0 aliphatic carbocycles. The van der Waals surface area contributed by atoms with Gasteiger partial charge in [0.05, 0.1) is 17.9 Å². The monoisotopic (exact) mass is 369 g/mol. The maximum Gasteiger partial charge on any atom is 0.316 e. The van der Waals surface area contributed by atoms with Crippen molar-refractivity contribution in [3.05, 3.63) is 34.6 Å². The first kappa shape index (κ1) is 18.6. The molecule has 0 spiro atoms. The molecule has 0 unspecified atom stereocenters. The Kier molecular flexibility index (Phi) is 6.51. The molecule has 0 fully saturated rings. The Labute approximate surface area is 150 Å². The molecule has 0 aliphatic heterocycles. The first-order valence-electron chi connectivity index (χ1n) is 7.51. The average molecular weight is 370 g/mol. The number of aromatic nitrogens is 3. The molecular formula is C16H20ClN3O3S. The minimum absolute atomic E-state index is 0.188.